The zero-order valence-electron chi connectivity index (χ0n) is 10.6. The van der Waals surface area contributed by atoms with E-state index in [4.69, 9.17) is 5.11 Å². The van der Waals surface area contributed by atoms with Crippen molar-refractivity contribution in [1.29, 1.82) is 0 Å². The highest BCUT2D eigenvalue weighted by molar-refractivity contribution is 5.83. The molecule has 1 saturated heterocycles. The molecule has 0 aliphatic carbocycles. The van der Waals surface area contributed by atoms with Crippen molar-refractivity contribution in [3.05, 3.63) is 12.7 Å². The first-order valence-corrected chi connectivity index (χ1v) is 6.08. The number of carbonyl (C=O) groups is 2. The maximum absolute atomic E-state index is 12.2. The van der Waals surface area contributed by atoms with Crippen LogP contribution in [0, 0.1) is 0 Å². The third-order valence-electron chi connectivity index (χ3n) is 2.92. The van der Waals surface area contributed by atoms with Crippen LogP contribution in [-0.4, -0.2) is 63.8 Å². The number of aliphatic carboxylic acids is 1. The van der Waals surface area contributed by atoms with Crippen LogP contribution in [0.3, 0.4) is 0 Å². The maximum atomic E-state index is 12.2. The molecule has 0 radical (unpaired) electrons. The summed E-state index contributed by atoms with van der Waals surface area (Å²) < 4.78 is 0. The molecule has 1 aliphatic rings. The Labute approximate surface area is 106 Å². The molecule has 0 aromatic heterocycles. The number of aliphatic hydroxyl groups is 1. The quantitative estimate of drug-likeness (QED) is 0.703. The van der Waals surface area contributed by atoms with Crippen molar-refractivity contribution < 1.29 is 19.8 Å². The van der Waals surface area contributed by atoms with Crippen molar-refractivity contribution >= 4 is 12.0 Å². The summed E-state index contributed by atoms with van der Waals surface area (Å²) in [5.74, 6) is -1.07. The molecule has 1 rings (SSSR count). The van der Waals surface area contributed by atoms with Crippen LogP contribution >= 0.6 is 0 Å². The van der Waals surface area contributed by atoms with E-state index in [2.05, 4.69) is 6.58 Å². The van der Waals surface area contributed by atoms with Gasteiger partial charge in [-0.1, -0.05) is 13.0 Å². The van der Waals surface area contributed by atoms with E-state index < -0.39 is 18.1 Å². The number of likely N-dealkylation sites (tertiary alicyclic amines) is 1. The highest BCUT2D eigenvalue weighted by atomic mass is 16.4. The molecule has 0 spiro atoms. The first kappa shape index (κ1) is 14.5. The molecular weight excluding hydrogens is 236 g/mol. The molecule has 1 heterocycles. The number of amides is 2. The molecular formula is C12H20N2O4. The predicted molar refractivity (Wildman–Crippen MR) is 66.2 cm³/mol. The number of hydrogen-bond acceptors (Lipinski definition) is 3. The molecule has 0 bridgehead atoms. The number of carbonyl (C=O) groups excluding carboxylic acids is 1. The average Bonchev–Trinajstić information content (AvgIpc) is 2.70. The lowest BCUT2D eigenvalue weighted by atomic mass is 10.2. The summed E-state index contributed by atoms with van der Waals surface area (Å²) in [5.41, 5.74) is 0. The van der Waals surface area contributed by atoms with E-state index in [-0.39, 0.29) is 19.0 Å². The highest BCUT2D eigenvalue weighted by Crippen LogP contribution is 2.20. The maximum Gasteiger partial charge on any atom is 0.326 e. The summed E-state index contributed by atoms with van der Waals surface area (Å²) in [7, 11) is 0. The van der Waals surface area contributed by atoms with Crippen LogP contribution < -0.4 is 0 Å². The molecule has 0 aromatic carbocycles. The Morgan fingerprint density at radius 1 is 1.56 bits per heavy atom. The van der Waals surface area contributed by atoms with E-state index in [1.165, 1.54) is 4.90 Å². The molecule has 0 aromatic rings. The van der Waals surface area contributed by atoms with Gasteiger partial charge in [-0.05, 0) is 6.42 Å². The molecule has 102 valence electrons. The van der Waals surface area contributed by atoms with Gasteiger partial charge in [-0.25, -0.2) is 9.59 Å². The number of carboxylic acids is 1. The summed E-state index contributed by atoms with van der Waals surface area (Å²) in [6.45, 7) is 6.53. The SMILES string of the molecule is C=CCN(CCC)C(=O)N1C[C@H](O)C[C@@H]1C(=O)O. The van der Waals surface area contributed by atoms with Crippen LogP contribution in [-0.2, 0) is 4.79 Å². The molecule has 2 amide bonds. The van der Waals surface area contributed by atoms with Crippen molar-refractivity contribution in [3.63, 3.8) is 0 Å². The van der Waals surface area contributed by atoms with Crippen molar-refractivity contribution in [2.45, 2.75) is 31.9 Å². The molecule has 6 nitrogen and oxygen atoms in total. The van der Waals surface area contributed by atoms with Gasteiger partial charge in [0.15, 0.2) is 0 Å². The predicted octanol–water partition coefficient (Wildman–Crippen LogP) is 0.524. The minimum Gasteiger partial charge on any atom is -0.480 e. The first-order valence-electron chi connectivity index (χ1n) is 6.08. The van der Waals surface area contributed by atoms with Gasteiger partial charge in [0.25, 0.3) is 0 Å². The van der Waals surface area contributed by atoms with E-state index in [0.717, 1.165) is 6.42 Å². The topological polar surface area (TPSA) is 81.1 Å². The zero-order valence-corrected chi connectivity index (χ0v) is 10.6. The Morgan fingerprint density at radius 2 is 2.22 bits per heavy atom. The molecule has 1 fully saturated rings. The van der Waals surface area contributed by atoms with Gasteiger partial charge in [0.05, 0.1) is 6.10 Å². The Morgan fingerprint density at radius 3 is 2.72 bits per heavy atom. The minimum atomic E-state index is -1.07. The number of urea groups is 1. The van der Waals surface area contributed by atoms with Gasteiger partial charge in [-0.15, -0.1) is 6.58 Å². The fourth-order valence-corrected chi connectivity index (χ4v) is 2.13. The van der Waals surface area contributed by atoms with Crippen molar-refractivity contribution in [2.24, 2.45) is 0 Å². The number of β-amino-alcohol motifs (C(OH)–C–C–N with tert-alkyl or cyclic N) is 1. The highest BCUT2D eigenvalue weighted by Gasteiger charge is 2.40. The van der Waals surface area contributed by atoms with E-state index in [1.54, 1.807) is 11.0 Å². The van der Waals surface area contributed by atoms with Crippen LogP contribution in [0.25, 0.3) is 0 Å². The Kier molecular flexibility index (Phi) is 5.15. The second-order valence-electron chi connectivity index (χ2n) is 4.41. The third-order valence-corrected chi connectivity index (χ3v) is 2.92. The Bertz CT molecular complexity index is 332. The van der Waals surface area contributed by atoms with E-state index in [0.29, 0.717) is 13.1 Å². The Balaban J connectivity index is 2.79. The lowest BCUT2D eigenvalue weighted by Crippen LogP contribution is -2.48. The second-order valence-corrected chi connectivity index (χ2v) is 4.41. The molecule has 2 atom stereocenters. The minimum absolute atomic E-state index is 0.0765. The van der Waals surface area contributed by atoms with Gasteiger partial charge in [-0.2, -0.15) is 0 Å². The smallest absolute Gasteiger partial charge is 0.326 e. The summed E-state index contributed by atoms with van der Waals surface area (Å²) in [5, 5.41) is 18.6. The monoisotopic (exact) mass is 256 g/mol. The number of nitrogens with zero attached hydrogens (tertiary/aromatic N) is 2. The largest absolute Gasteiger partial charge is 0.480 e. The molecule has 6 heteroatoms. The lowest BCUT2D eigenvalue weighted by molar-refractivity contribution is -0.141. The number of carboxylic acid groups (broad SMARTS) is 1. The average molecular weight is 256 g/mol. The number of rotatable bonds is 5. The van der Waals surface area contributed by atoms with Gasteiger partial charge in [0, 0.05) is 26.1 Å². The molecule has 0 saturated carbocycles. The van der Waals surface area contributed by atoms with Crippen LogP contribution in [0.5, 0.6) is 0 Å². The number of aliphatic hydroxyl groups excluding tert-OH is 1. The first-order chi connectivity index (χ1) is 8.51. The van der Waals surface area contributed by atoms with Gasteiger partial charge in [0.1, 0.15) is 6.04 Å². The number of hydrogen-bond donors (Lipinski definition) is 2. The summed E-state index contributed by atoms with van der Waals surface area (Å²) in [6.07, 6.45) is 1.72. The van der Waals surface area contributed by atoms with Gasteiger partial charge < -0.3 is 20.0 Å². The van der Waals surface area contributed by atoms with Gasteiger partial charge >= 0.3 is 12.0 Å². The van der Waals surface area contributed by atoms with Crippen LogP contribution in [0.4, 0.5) is 4.79 Å². The summed E-state index contributed by atoms with van der Waals surface area (Å²) in [6, 6.07) is -1.28. The second kappa shape index (κ2) is 6.39. The normalized spacial score (nSPS) is 22.9. The van der Waals surface area contributed by atoms with E-state index in [9.17, 15) is 14.7 Å². The van der Waals surface area contributed by atoms with E-state index >= 15 is 0 Å². The fraction of sp³-hybridized carbons (Fsp3) is 0.667. The van der Waals surface area contributed by atoms with Gasteiger partial charge in [-0.3, -0.25) is 0 Å². The molecule has 1 aliphatic heterocycles. The molecule has 2 N–H and O–H groups in total. The van der Waals surface area contributed by atoms with Crippen molar-refractivity contribution in [3.8, 4) is 0 Å². The van der Waals surface area contributed by atoms with E-state index in [1.807, 2.05) is 6.92 Å². The van der Waals surface area contributed by atoms with Gasteiger partial charge in [0.2, 0.25) is 0 Å². The Hall–Kier alpha value is -1.56. The fourth-order valence-electron chi connectivity index (χ4n) is 2.13. The third kappa shape index (κ3) is 3.22. The van der Waals surface area contributed by atoms with Crippen LogP contribution in [0.2, 0.25) is 0 Å². The zero-order chi connectivity index (χ0) is 13.7. The van der Waals surface area contributed by atoms with Crippen molar-refractivity contribution in [1.82, 2.24) is 9.80 Å². The van der Waals surface area contributed by atoms with Crippen LogP contribution in [0.15, 0.2) is 12.7 Å². The van der Waals surface area contributed by atoms with Crippen molar-refractivity contribution in [2.75, 3.05) is 19.6 Å². The standard InChI is InChI=1S/C12H20N2O4/c1-3-5-13(6-4-2)12(18)14-8-9(15)7-10(14)11(16)17/h3,9-10,15H,1,4-8H2,2H3,(H,16,17)/t9-,10-/m1/s1. The summed E-state index contributed by atoms with van der Waals surface area (Å²) in [4.78, 5) is 26.0. The van der Waals surface area contributed by atoms with Crippen LogP contribution in [0.1, 0.15) is 19.8 Å². The molecule has 0 unspecified atom stereocenters. The lowest BCUT2D eigenvalue weighted by Gasteiger charge is -2.29. The molecule has 18 heavy (non-hydrogen) atoms. The summed E-state index contributed by atoms with van der Waals surface area (Å²) >= 11 is 0.